The average molecular weight is 606 g/mol. The van der Waals surface area contributed by atoms with Crippen LogP contribution in [0.25, 0.3) is 0 Å². The third-order valence-electron chi connectivity index (χ3n) is 6.17. The van der Waals surface area contributed by atoms with Gasteiger partial charge in [-0.2, -0.15) is 5.10 Å². The highest BCUT2D eigenvalue weighted by atomic mass is 35.5. The molecule has 0 aliphatic heterocycles. The number of hydrogen-bond donors (Lipinski definition) is 1. The topological polar surface area (TPSA) is 97.3 Å². The largest absolute Gasteiger partial charge is 0.490 e. The van der Waals surface area contributed by atoms with Crippen LogP contribution in [0.2, 0.25) is 5.02 Å². The fourth-order valence-electron chi connectivity index (χ4n) is 3.99. The van der Waals surface area contributed by atoms with Crippen LogP contribution in [0.5, 0.6) is 11.5 Å². The first-order valence-corrected chi connectivity index (χ1v) is 15.1. The molecule has 42 heavy (non-hydrogen) atoms. The Morgan fingerprint density at radius 1 is 0.905 bits per heavy atom. The van der Waals surface area contributed by atoms with Gasteiger partial charge in [0.1, 0.15) is 13.2 Å². The van der Waals surface area contributed by atoms with Crippen molar-refractivity contribution in [3.63, 3.8) is 0 Å². The third-order valence-corrected chi connectivity index (χ3v) is 8.20. The third kappa shape index (κ3) is 8.11. The quantitative estimate of drug-likeness (QED) is 0.151. The number of halogens is 1. The van der Waals surface area contributed by atoms with Crippen molar-refractivity contribution in [1.82, 2.24) is 5.43 Å². The SMILES string of the molecule is CCOc1cc(/C=N\NC(=O)CN(c2ccc(C)cc2)S(=O)(=O)c2ccc(C)cc2)ccc1OCc1cccc(Cl)c1. The molecule has 8 nitrogen and oxygen atoms in total. The van der Waals surface area contributed by atoms with Crippen molar-refractivity contribution in [2.24, 2.45) is 5.10 Å². The molecule has 0 spiro atoms. The number of carbonyl (C=O) groups excluding carboxylic acids is 1. The van der Waals surface area contributed by atoms with Crippen LogP contribution in [-0.4, -0.2) is 33.7 Å². The molecule has 0 unspecified atom stereocenters. The maximum absolute atomic E-state index is 13.5. The summed E-state index contributed by atoms with van der Waals surface area (Å²) in [6.45, 7) is 5.92. The van der Waals surface area contributed by atoms with Gasteiger partial charge >= 0.3 is 0 Å². The standard InChI is InChI=1S/C32H32ClN3O5S/c1-4-40-31-19-25(12-17-30(31)41-22-26-6-5-7-27(33)18-26)20-34-35-32(37)21-36(28-13-8-23(2)9-14-28)42(38,39)29-15-10-24(3)11-16-29/h5-20H,4,21-22H2,1-3H3,(H,35,37)/b34-20-. The molecule has 0 atom stereocenters. The van der Waals surface area contributed by atoms with E-state index in [2.05, 4.69) is 10.5 Å². The van der Waals surface area contributed by atoms with Crippen molar-refractivity contribution < 1.29 is 22.7 Å². The maximum Gasteiger partial charge on any atom is 0.264 e. The summed E-state index contributed by atoms with van der Waals surface area (Å²) in [6.07, 6.45) is 1.45. The molecule has 0 fully saturated rings. The molecule has 0 aromatic heterocycles. The number of aryl methyl sites for hydroxylation is 2. The molecule has 10 heteroatoms. The van der Waals surface area contributed by atoms with E-state index in [1.54, 1.807) is 60.7 Å². The van der Waals surface area contributed by atoms with Gasteiger partial charge in [0.05, 0.1) is 23.4 Å². The number of sulfonamides is 1. The van der Waals surface area contributed by atoms with Gasteiger partial charge in [0.25, 0.3) is 15.9 Å². The summed E-state index contributed by atoms with van der Waals surface area (Å²) in [5.74, 6) is 0.464. The number of nitrogens with zero attached hydrogens (tertiary/aromatic N) is 2. The lowest BCUT2D eigenvalue weighted by atomic mass is 10.2. The summed E-state index contributed by atoms with van der Waals surface area (Å²) in [7, 11) is -4.02. The van der Waals surface area contributed by atoms with E-state index in [1.165, 1.54) is 18.3 Å². The fraction of sp³-hybridized carbons (Fsp3) is 0.188. The second-order valence-electron chi connectivity index (χ2n) is 9.51. The molecule has 0 aliphatic rings. The molecule has 4 rings (SSSR count). The van der Waals surface area contributed by atoms with E-state index in [0.717, 1.165) is 21.0 Å². The Hall–Kier alpha value is -4.34. The number of nitrogens with one attached hydrogen (secondary N) is 1. The number of rotatable bonds is 12. The highest BCUT2D eigenvalue weighted by molar-refractivity contribution is 7.92. The molecule has 218 valence electrons. The van der Waals surface area contributed by atoms with Crippen LogP contribution >= 0.6 is 11.6 Å². The number of amides is 1. The van der Waals surface area contributed by atoms with E-state index in [0.29, 0.717) is 41.0 Å². The summed E-state index contributed by atoms with van der Waals surface area (Å²) in [5, 5.41) is 4.68. The van der Waals surface area contributed by atoms with Crippen molar-refractivity contribution in [2.45, 2.75) is 32.3 Å². The Morgan fingerprint density at radius 3 is 2.26 bits per heavy atom. The molecule has 0 radical (unpaired) electrons. The van der Waals surface area contributed by atoms with Gasteiger partial charge in [-0.15, -0.1) is 0 Å². The lowest BCUT2D eigenvalue weighted by Gasteiger charge is -2.24. The van der Waals surface area contributed by atoms with E-state index < -0.39 is 22.5 Å². The molecule has 0 saturated heterocycles. The first kappa shape index (κ1) is 30.6. The zero-order chi connectivity index (χ0) is 30.1. The molecule has 0 aliphatic carbocycles. The number of anilines is 1. The maximum atomic E-state index is 13.5. The van der Waals surface area contributed by atoms with Crippen LogP contribution in [0.1, 0.15) is 29.2 Å². The smallest absolute Gasteiger partial charge is 0.264 e. The highest BCUT2D eigenvalue weighted by Gasteiger charge is 2.27. The monoisotopic (exact) mass is 605 g/mol. The summed E-state index contributed by atoms with van der Waals surface area (Å²) < 4.78 is 39.8. The normalized spacial score (nSPS) is 11.3. The van der Waals surface area contributed by atoms with Crippen molar-refractivity contribution in [1.29, 1.82) is 0 Å². The number of hydrazone groups is 1. The van der Waals surface area contributed by atoms with Gasteiger partial charge in [-0.25, -0.2) is 13.8 Å². The van der Waals surface area contributed by atoms with Gasteiger partial charge in [-0.3, -0.25) is 9.10 Å². The van der Waals surface area contributed by atoms with Gasteiger partial charge in [0.2, 0.25) is 0 Å². The lowest BCUT2D eigenvalue weighted by molar-refractivity contribution is -0.119. The molecule has 0 bridgehead atoms. The summed E-state index contributed by atoms with van der Waals surface area (Å²) >= 11 is 6.06. The van der Waals surface area contributed by atoms with Gasteiger partial charge in [0, 0.05) is 5.02 Å². The Balaban J connectivity index is 1.46. The molecular formula is C32H32ClN3O5S. The van der Waals surface area contributed by atoms with Crippen LogP contribution in [0.4, 0.5) is 5.69 Å². The molecule has 1 amide bonds. The summed E-state index contributed by atoms with van der Waals surface area (Å²) in [5.41, 5.74) is 6.26. The Bertz CT molecular complexity index is 1660. The molecule has 1 N–H and O–H groups in total. The predicted molar refractivity (Wildman–Crippen MR) is 166 cm³/mol. The zero-order valence-electron chi connectivity index (χ0n) is 23.6. The van der Waals surface area contributed by atoms with Crippen molar-refractivity contribution in [3.8, 4) is 11.5 Å². The van der Waals surface area contributed by atoms with Gasteiger partial charge < -0.3 is 9.47 Å². The predicted octanol–water partition coefficient (Wildman–Crippen LogP) is 6.28. The van der Waals surface area contributed by atoms with E-state index >= 15 is 0 Å². The molecule has 0 heterocycles. The average Bonchev–Trinajstić information content (AvgIpc) is 2.96. The molecule has 4 aromatic carbocycles. The Labute approximate surface area is 251 Å². The van der Waals surface area contributed by atoms with Crippen molar-refractivity contribution >= 4 is 39.4 Å². The zero-order valence-corrected chi connectivity index (χ0v) is 25.2. The van der Waals surface area contributed by atoms with Crippen LogP contribution in [0.15, 0.2) is 101 Å². The molecule has 4 aromatic rings. The molecular weight excluding hydrogens is 574 g/mol. The van der Waals surface area contributed by atoms with Gasteiger partial charge in [0.15, 0.2) is 11.5 Å². The first-order valence-electron chi connectivity index (χ1n) is 13.3. The van der Waals surface area contributed by atoms with E-state index in [1.807, 2.05) is 39.0 Å². The minimum Gasteiger partial charge on any atom is -0.490 e. The van der Waals surface area contributed by atoms with Gasteiger partial charge in [-0.05, 0) is 86.5 Å². The first-order chi connectivity index (χ1) is 20.2. The van der Waals surface area contributed by atoms with E-state index in [4.69, 9.17) is 21.1 Å². The minimum absolute atomic E-state index is 0.0890. The van der Waals surface area contributed by atoms with Crippen LogP contribution in [0, 0.1) is 13.8 Å². The second kappa shape index (κ2) is 14.0. The van der Waals surface area contributed by atoms with Crippen LogP contribution in [-0.2, 0) is 21.4 Å². The highest BCUT2D eigenvalue weighted by Crippen LogP contribution is 2.29. The fourth-order valence-corrected chi connectivity index (χ4v) is 5.62. The number of hydrogen-bond acceptors (Lipinski definition) is 6. The Morgan fingerprint density at radius 2 is 1.60 bits per heavy atom. The lowest BCUT2D eigenvalue weighted by Crippen LogP contribution is -2.39. The Kier molecular flexibility index (Phi) is 10.2. The van der Waals surface area contributed by atoms with Crippen molar-refractivity contribution in [3.05, 3.63) is 118 Å². The number of carbonyl (C=O) groups is 1. The van der Waals surface area contributed by atoms with Crippen molar-refractivity contribution in [2.75, 3.05) is 17.5 Å². The summed E-state index contributed by atoms with van der Waals surface area (Å²) in [4.78, 5) is 13.0. The minimum atomic E-state index is -4.02. The number of ether oxygens (including phenoxy) is 2. The van der Waals surface area contributed by atoms with Gasteiger partial charge in [-0.1, -0.05) is 59.1 Å². The number of benzene rings is 4. The van der Waals surface area contributed by atoms with Crippen LogP contribution in [0.3, 0.4) is 0 Å². The summed E-state index contributed by atoms with van der Waals surface area (Å²) in [6, 6.07) is 26.1. The second-order valence-corrected chi connectivity index (χ2v) is 11.8. The van der Waals surface area contributed by atoms with Crippen LogP contribution < -0.4 is 19.2 Å². The van der Waals surface area contributed by atoms with E-state index in [-0.39, 0.29) is 4.90 Å². The molecule has 0 saturated carbocycles. The van der Waals surface area contributed by atoms with E-state index in [9.17, 15) is 13.2 Å².